The molecule has 3 rings (SSSR count). The Bertz CT molecular complexity index is 647. The van der Waals surface area contributed by atoms with Gasteiger partial charge in [0.1, 0.15) is 5.01 Å². The fourth-order valence-electron chi connectivity index (χ4n) is 2.72. The molecule has 2 heterocycles. The van der Waals surface area contributed by atoms with Crippen molar-refractivity contribution in [2.24, 2.45) is 0 Å². The Morgan fingerprint density at radius 3 is 2.96 bits per heavy atom. The summed E-state index contributed by atoms with van der Waals surface area (Å²) in [6.07, 6.45) is 0.459. The van der Waals surface area contributed by atoms with Gasteiger partial charge in [0.25, 0.3) is 5.19 Å². The summed E-state index contributed by atoms with van der Waals surface area (Å²) < 4.78 is 5.39. The summed E-state index contributed by atoms with van der Waals surface area (Å²) in [5.74, 6) is 0.0913. The van der Waals surface area contributed by atoms with E-state index in [1.165, 1.54) is 11.3 Å². The SMILES string of the molecule is CCOc1nnc(CN2CCNC(=O)C[C@@H]2c2ccccc2)s1. The van der Waals surface area contributed by atoms with Crippen molar-refractivity contribution in [3.8, 4) is 5.19 Å². The molecule has 1 fully saturated rings. The van der Waals surface area contributed by atoms with Crippen molar-refractivity contribution in [3.63, 3.8) is 0 Å². The van der Waals surface area contributed by atoms with Crippen molar-refractivity contribution in [1.82, 2.24) is 20.4 Å². The third-order valence-corrected chi connectivity index (χ3v) is 4.60. The molecule has 1 aromatic heterocycles. The molecule has 0 bridgehead atoms. The molecule has 122 valence electrons. The van der Waals surface area contributed by atoms with Gasteiger partial charge in [0.05, 0.1) is 13.2 Å². The molecule has 7 heteroatoms. The number of nitrogens with zero attached hydrogens (tertiary/aromatic N) is 3. The molecule has 1 amide bonds. The fraction of sp³-hybridized carbons (Fsp3) is 0.438. The molecule has 6 nitrogen and oxygen atoms in total. The van der Waals surface area contributed by atoms with Crippen LogP contribution in [0.15, 0.2) is 30.3 Å². The van der Waals surface area contributed by atoms with Crippen LogP contribution in [0.5, 0.6) is 5.19 Å². The fourth-order valence-corrected chi connectivity index (χ4v) is 3.49. The summed E-state index contributed by atoms with van der Waals surface area (Å²) in [5.41, 5.74) is 1.15. The number of aromatic nitrogens is 2. The van der Waals surface area contributed by atoms with E-state index >= 15 is 0 Å². The van der Waals surface area contributed by atoms with Gasteiger partial charge >= 0.3 is 0 Å². The molecular weight excluding hydrogens is 312 g/mol. The zero-order valence-corrected chi connectivity index (χ0v) is 13.9. The van der Waals surface area contributed by atoms with E-state index in [0.29, 0.717) is 31.3 Å². The molecule has 1 atom stereocenters. The van der Waals surface area contributed by atoms with Gasteiger partial charge in [0.2, 0.25) is 5.91 Å². The average molecular weight is 332 g/mol. The largest absolute Gasteiger partial charge is 0.469 e. The Hall–Kier alpha value is -1.99. The van der Waals surface area contributed by atoms with Crippen molar-refractivity contribution in [1.29, 1.82) is 0 Å². The summed E-state index contributed by atoms with van der Waals surface area (Å²) in [6, 6.07) is 10.2. The van der Waals surface area contributed by atoms with E-state index in [-0.39, 0.29) is 11.9 Å². The predicted molar refractivity (Wildman–Crippen MR) is 88.3 cm³/mol. The highest BCUT2D eigenvalue weighted by Crippen LogP contribution is 2.28. The second-order valence-electron chi connectivity index (χ2n) is 5.35. The quantitative estimate of drug-likeness (QED) is 0.907. The van der Waals surface area contributed by atoms with Crippen LogP contribution in [0.25, 0.3) is 0 Å². The molecule has 1 aliphatic heterocycles. The lowest BCUT2D eigenvalue weighted by Gasteiger charge is -2.28. The van der Waals surface area contributed by atoms with Crippen molar-refractivity contribution < 1.29 is 9.53 Å². The van der Waals surface area contributed by atoms with Gasteiger partial charge in [0.15, 0.2) is 0 Å². The minimum atomic E-state index is 0.0538. The van der Waals surface area contributed by atoms with Gasteiger partial charge in [-0.3, -0.25) is 9.69 Å². The third-order valence-electron chi connectivity index (χ3n) is 3.78. The van der Waals surface area contributed by atoms with Gasteiger partial charge in [-0.2, -0.15) is 0 Å². The molecule has 1 aliphatic rings. The number of nitrogens with one attached hydrogen (secondary N) is 1. The minimum absolute atomic E-state index is 0.0538. The van der Waals surface area contributed by atoms with Crippen molar-refractivity contribution in [3.05, 3.63) is 40.9 Å². The first kappa shape index (κ1) is 15.9. The summed E-state index contributed by atoms with van der Waals surface area (Å²) >= 11 is 1.46. The van der Waals surface area contributed by atoms with Crippen molar-refractivity contribution in [2.45, 2.75) is 25.9 Å². The maximum atomic E-state index is 12.0. The number of carbonyl (C=O) groups is 1. The first-order valence-electron chi connectivity index (χ1n) is 7.77. The van der Waals surface area contributed by atoms with E-state index < -0.39 is 0 Å². The van der Waals surface area contributed by atoms with Gasteiger partial charge in [-0.25, -0.2) is 0 Å². The lowest BCUT2D eigenvalue weighted by molar-refractivity contribution is -0.121. The summed E-state index contributed by atoms with van der Waals surface area (Å²) in [4.78, 5) is 14.3. The zero-order valence-electron chi connectivity index (χ0n) is 13.1. The molecule has 0 spiro atoms. The van der Waals surface area contributed by atoms with Crippen LogP contribution in [0.1, 0.15) is 30.0 Å². The number of amides is 1. The Morgan fingerprint density at radius 2 is 2.17 bits per heavy atom. The number of ether oxygens (including phenoxy) is 1. The van der Waals surface area contributed by atoms with E-state index in [2.05, 4.69) is 32.5 Å². The third kappa shape index (κ3) is 4.05. The number of hydrogen-bond donors (Lipinski definition) is 1. The minimum Gasteiger partial charge on any atom is -0.469 e. The molecular formula is C16H20N4O2S. The number of rotatable bonds is 5. The van der Waals surface area contributed by atoms with Crippen LogP contribution in [-0.4, -0.2) is 40.7 Å². The van der Waals surface area contributed by atoms with Crippen molar-refractivity contribution in [2.75, 3.05) is 19.7 Å². The van der Waals surface area contributed by atoms with Gasteiger partial charge in [-0.05, 0) is 12.5 Å². The van der Waals surface area contributed by atoms with Gasteiger partial charge < -0.3 is 10.1 Å². The highest BCUT2D eigenvalue weighted by Gasteiger charge is 2.27. The lowest BCUT2D eigenvalue weighted by atomic mass is 10.0. The first-order valence-corrected chi connectivity index (χ1v) is 8.58. The molecule has 0 aliphatic carbocycles. The molecule has 0 unspecified atom stereocenters. The summed E-state index contributed by atoms with van der Waals surface area (Å²) in [7, 11) is 0. The Morgan fingerprint density at radius 1 is 1.35 bits per heavy atom. The van der Waals surface area contributed by atoms with Crippen LogP contribution < -0.4 is 10.1 Å². The Labute approximate surface area is 139 Å². The van der Waals surface area contributed by atoms with Crippen LogP contribution in [-0.2, 0) is 11.3 Å². The monoisotopic (exact) mass is 332 g/mol. The average Bonchev–Trinajstić information content (AvgIpc) is 2.91. The van der Waals surface area contributed by atoms with Gasteiger partial charge in [-0.15, -0.1) is 10.2 Å². The van der Waals surface area contributed by atoms with Crippen LogP contribution in [0.2, 0.25) is 0 Å². The Balaban J connectivity index is 1.79. The molecule has 0 radical (unpaired) electrons. The van der Waals surface area contributed by atoms with E-state index in [4.69, 9.17) is 4.74 Å². The first-order chi connectivity index (χ1) is 11.3. The number of carbonyl (C=O) groups excluding carboxylic acids is 1. The Kier molecular flexibility index (Phi) is 5.19. The standard InChI is InChI=1S/C16H20N4O2S/c1-2-22-16-19-18-15(23-16)11-20-9-8-17-14(21)10-13(20)12-6-4-3-5-7-12/h3-7,13H,2,8-11H2,1H3,(H,17,21)/t13-/m1/s1. The topological polar surface area (TPSA) is 67.4 Å². The lowest BCUT2D eigenvalue weighted by Crippen LogP contribution is -2.30. The highest BCUT2D eigenvalue weighted by molar-refractivity contribution is 7.13. The molecule has 1 aromatic carbocycles. The summed E-state index contributed by atoms with van der Waals surface area (Å²) in [6.45, 7) is 4.62. The number of hydrogen-bond acceptors (Lipinski definition) is 6. The second-order valence-corrected chi connectivity index (χ2v) is 6.37. The van der Waals surface area contributed by atoms with Gasteiger partial charge in [-0.1, -0.05) is 41.7 Å². The van der Waals surface area contributed by atoms with E-state index in [0.717, 1.165) is 17.1 Å². The van der Waals surface area contributed by atoms with Crippen LogP contribution in [0, 0.1) is 0 Å². The normalized spacial score (nSPS) is 19.2. The highest BCUT2D eigenvalue weighted by atomic mass is 32.1. The molecule has 2 aromatic rings. The van der Waals surface area contributed by atoms with E-state index in [1.54, 1.807) is 0 Å². The smallest absolute Gasteiger partial charge is 0.294 e. The van der Waals surface area contributed by atoms with E-state index in [1.807, 2.05) is 25.1 Å². The van der Waals surface area contributed by atoms with E-state index in [9.17, 15) is 4.79 Å². The second kappa shape index (κ2) is 7.52. The molecule has 0 saturated carbocycles. The van der Waals surface area contributed by atoms with Crippen LogP contribution >= 0.6 is 11.3 Å². The maximum Gasteiger partial charge on any atom is 0.294 e. The molecule has 23 heavy (non-hydrogen) atoms. The van der Waals surface area contributed by atoms with Crippen molar-refractivity contribution >= 4 is 17.2 Å². The predicted octanol–water partition coefficient (Wildman–Crippen LogP) is 2.00. The molecule has 1 saturated heterocycles. The van der Waals surface area contributed by atoms with Crippen LogP contribution in [0.4, 0.5) is 0 Å². The summed E-state index contributed by atoms with van der Waals surface area (Å²) in [5, 5.41) is 12.7. The van der Waals surface area contributed by atoms with Gasteiger partial charge in [0, 0.05) is 25.6 Å². The van der Waals surface area contributed by atoms with Crippen LogP contribution in [0.3, 0.4) is 0 Å². The molecule has 1 N–H and O–H groups in total. The maximum absolute atomic E-state index is 12.0. The number of benzene rings is 1. The zero-order chi connectivity index (χ0) is 16.1.